The fourth-order valence-electron chi connectivity index (χ4n) is 3.76. The van der Waals surface area contributed by atoms with Crippen LogP contribution < -0.4 is 5.32 Å². The van der Waals surface area contributed by atoms with Gasteiger partial charge in [-0.15, -0.1) is 0 Å². The van der Waals surface area contributed by atoms with Crippen LogP contribution in [0.2, 0.25) is 0 Å². The smallest absolute Gasteiger partial charge is 0.303 e. The van der Waals surface area contributed by atoms with Crippen LogP contribution >= 0.6 is 0 Å². The van der Waals surface area contributed by atoms with Crippen molar-refractivity contribution < 1.29 is 19.4 Å². The summed E-state index contributed by atoms with van der Waals surface area (Å²) in [5, 5.41) is 11.9. The van der Waals surface area contributed by atoms with Crippen LogP contribution in [-0.4, -0.2) is 35.2 Å². The molecule has 3 rings (SSSR count). The molecule has 5 heteroatoms. The van der Waals surface area contributed by atoms with Gasteiger partial charge in [0.15, 0.2) is 0 Å². The van der Waals surface area contributed by atoms with Crippen LogP contribution in [0.1, 0.15) is 39.5 Å². The highest BCUT2D eigenvalue weighted by atomic mass is 16.5. The molecule has 0 aromatic heterocycles. The fourth-order valence-corrected chi connectivity index (χ4v) is 3.76. The van der Waals surface area contributed by atoms with Crippen molar-refractivity contribution in [2.45, 2.75) is 57.8 Å². The molecule has 3 fully saturated rings. The van der Waals surface area contributed by atoms with Crippen molar-refractivity contribution in [3.05, 3.63) is 0 Å². The molecule has 19 heavy (non-hydrogen) atoms. The van der Waals surface area contributed by atoms with Crippen molar-refractivity contribution in [3.8, 4) is 0 Å². The summed E-state index contributed by atoms with van der Waals surface area (Å²) in [7, 11) is 0. The largest absolute Gasteiger partial charge is 0.481 e. The minimum Gasteiger partial charge on any atom is -0.481 e. The molecule has 0 radical (unpaired) electrons. The molecule has 1 amide bonds. The average Bonchev–Trinajstić information content (AvgIpc) is 2.84. The van der Waals surface area contributed by atoms with E-state index in [9.17, 15) is 9.59 Å². The van der Waals surface area contributed by atoms with Crippen LogP contribution in [0.5, 0.6) is 0 Å². The summed E-state index contributed by atoms with van der Waals surface area (Å²) in [4.78, 5) is 22.8. The molecule has 5 nitrogen and oxygen atoms in total. The molecule has 1 saturated carbocycles. The SMILES string of the molecule is CC(C)(CC(=O)O)CC(=O)NC1CC2OC1C1CC21. The number of hydrogen-bond acceptors (Lipinski definition) is 3. The first-order valence-electron chi connectivity index (χ1n) is 7.02. The maximum atomic E-state index is 12.0. The van der Waals surface area contributed by atoms with Crippen LogP contribution in [0.25, 0.3) is 0 Å². The van der Waals surface area contributed by atoms with Crippen molar-refractivity contribution in [3.63, 3.8) is 0 Å². The Hall–Kier alpha value is -1.10. The van der Waals surface area contributed by atoms with Crippen molar-refractivity contribution in [2.24, 2.45) is 17.3 Å². The molecule has 0 spiro atoms. The second kappa shape index (κ2) is 4.20. The maximum Gasteiger partial charge on any atom is 0.303 e. The summed E-state index contributed by atoms with van der Waals surface area (Å²) in [6, 6.07) is 0.141. The number of rotatable bonds is 5. The first kappa shape index (κ1) is 12.9. The molecule has 2 heterocycles. The number of carbonyl (C=O) groups excluding carboxylic acids is 1. The summed E-state index contributed by atoms with van der Waals surface area (Å²) < 4.78 is 5.83. The molecule has 2 N–H and O–H groups in total. The maximum absolute atomic E-state index is 12.0. The average molecular weight is 267 g/mol. The normalized spacial score (nSPS) is 38.9. The third-order valence-electron chi connectivity index (χ3n) is 4.62. The Morgan fingerprint density at radius 1 is 1.26 bits per heavy atom. The lowest BCUT2D eigenvalue weighted by molar-refractivity contribution is -0.139. The lowest BCUT2D eigenvalue weighted by atomic mass is 9.85. The van der Waals surface area contributed by atoms with E-state index in [0.717, 1.165) is 12.3 Å². The topological polar surface area (TPSA) is 75.6 Å². The standard InChI is InChI=1S/C14H21NO4/c1-14(2,6-12(17)18)5-11(16)15-9-4-10-7-3-8(7)13(9)19-10/h7-10,13H,3-6H2,1-2H3,(H,15,16)(H,17,18). The highest BCUT2D eigenvalue weighted by Gasteiger charge is 2.62. The minimum absolute atomic E-state index is 0.0122. The first-order chi connectivity index (χ1) is 8.85. The van der Waals surface area contributed by atoms with Crippen molar-refractivity contribution in [1.82, 2.24) is 5.32 Å². The third-order valence-corrected chi connectivity index (χ3v) is 4.62. The zero-order valence-electron chi connectivity index (χ0n) is 11.4. The van der Waals surface area contributed by atoms with Gasteiger partial charge >= 0.3 is 5.97 Å². The molecule has 106 valence electrons. The molecule has 1 aliphatic carbocycles. The van der Waals surface area contributed by atoms with Gasteiger partial charge in [0.05, 0.1) is 24.7 Å². The van der Waals surface area contributed by atoms with E-state index in [0.29, 0.717) is 12.0 Å². The summed E-state index contributed by atoms with van der Waals surface area (Å²) in [6.07, 6.45) is 3.01. The molecule has 2 aliphatic heterocycles. The molecule has 5 atom stereocenters. The van der Waals surface area contributed by atoms with E-state index in [1.165, 1.54) is 6.42 Å². The predicted molar refractivity (Wildman–Crippen MR) is 67.5 cm³/mol. The number of fused-ring (bicyclic) bond motifs is 5. The van der Waals surface area contributed by atoms with E-state index in [2.05, 4.69) is 5.32 Å². The molecular weight excluding hydrogens is 246 g/mol. The van der Waals surface area contributed by atoms with Gasteiger partial charge in [0.25, 0.3) is 0 Å². The lowest BCUT2D eigenvalue weighted by Crippen LogP contribution is -2.43. The van der Waals surface area contributed by atoms with Gasteiger partial charge in [0.1, 0.15) is 0 Å². The molecule has 2 saturated heterocycles. The van der Waals surface area contributed by atoms with E-state index in [-0.39, 0.29) is 30.9 Å². The van der Waals surface area contributed by atoms with E-state index >= 15 is 0 Å². The van der Waals surface area contributed by atoms with Crippen LogP contribution in [0.3, 0.4) is 0 Å². The summed E-state index contributed by atoms with van der Waals surface area (Å²) in [6.45, 7) is 3.63. The van der Waals surface area contributed by atoms with Crippen molar-refractivity contribution in [1.29, 1.82) is 0 Å². The molecule has 2 bridgehead atoms. The molecule has 0 aromatic rings. The van der Waals surface area contributed by atoms with Gasteiger partial charge in [-0.3, -0.25) is 9.59 Å². The number of ether oxygens (including phenoxy) is 1. The summed E-state index contributed by atoms with van der Waals surface area (Å²) in [5.74, 6) is 0.504. The lowest BCUT2D eigenvalue weighted by Gasteiger charge is -2.25. The van der Waals surface area contributed by atoms with Crippen LogP contribution in [0.4, 0.5) is 0 Å². The highest BCUT2D eigenvalue weighted by Crippen LogP contribution is 2.58. The molecular formula is C14H21NO4. The Bertz CT molecular complexity index is 420. The Labute approximate surface area is 112 Å². The Balaban J connectivity index is 1.50. The van der Waals surface area contributed by atoms with Crippen LogP contribution in [-0.2, 0) is 14.3 Å². The second-order valence-electron chi connectivity index (χ2n) is 7.02. The van der Waals surface area contributed by atoms with Crippen LogP contribution in [0, 0.1) is 17.3 Å². The Kier molecular flexibility index (Phi) is 2.85. The monoisotopic (exact) mass is 267 g/mol. The highest BCUT2D eigenvalue weighted by molar-refractivity contribution is 5.78. The van der Waals surface area contributed by atoms with Gasteiger partial charge in [-0.1, -0.05) is 13.8 Å². The van der Waals surface area contributed by atoms with Crippen molar-refractivity contribution in [2.75, 3.05) is 0 Å². The number of aliphatic carboxylic acids is 1. The number of amides is 1. The molecule has 3 aliphatic rings. The van der Waals surface area contributed by atoms with Crippen molar-refractivity contribution >= 4 is 11.9 Å². The second-order valence-corrected chi connectivity index (χ2v) is 7.02. The zero-order valence-corrected chi connectivity index (χ0v) is 11.4. The van der Waals surface area contributed by atoms with Gasteiger partial charge in [0, 0.05) is 6.42 Å². The number of hydrogen-bond donors (Lipinski definition) is 2. The zero-order chi connectivity index (χ0) is 13.8. The van der Waals surface area contributed by atoms with E-state index < -0.39 is 11.4 Å². The number of carboxylic acid groups (broad SMARTS) is 1. The van der Waals surface area contributed by atoms with Gasteiger partial charge in [-0.05, 0) is 30.1 Å². The fraction of sp³-hybridized carbons (Fsp3) is 0.857. The van der Waals surface area contributed by atoms with E-state index in [1.54, 1.807) is 0 Å². The first-order valence-corrected chi connectivity index (χ1v) is 7.02. The van der Waals surface area contributed by atoms with Crippen LogP contribution in [0.15, 0.2) is 0 Å². The number of carbonyl (C=O) groups is 2. The Morgan fingerprint density at radius 2 is 2.00 bits per heavy atom. The number of nitrogens with one attached hydrogen (secondary N) is 1. The quantitative estimate of drug-likeness (QED) is 0.784. The molecule has 0 aromatic carbocycles. The van der Waals surface area contributed by atoms with Gasteiger partial charge in [0.2, 0.25) is 5.91 Å². The minimum atomic E-state index is -0.859. The third kappa shape index (κ3) is 2.48. The predicted octanol–water partition coefficient (Wildman–Crippen LogP) is 1.17. The van der Waals surface area contributed by atoms with Gasteiger partial charge < -0.3 is 15.2 Å². The van der Waals surface area contributed by atoms with E-state index in [4.69, 9.17) is 9.84 Å². The van der Waals surface area contributed by atoms with Gasteiger partial charge in [-0.2, -0.15) is 0 Å². The molecule has 5 unspecified atom stereocenters. The van der Waals surface area contributed by atoms with E-state index in [1.807, 2.05) is 13.8 Å². The summed E-state index contributed by atoms with van der Waals surface area (Å²) >= 11 is 0. The Morgan fingerprint density at radius 3 is 2.58 bits per heavy atom. The summed E-state index contributed by atoms with van der Waals surface area (Å²) in [5.41, 5.74) is -0.503. The van der Waals surface area contributed by atoms with Gasteiger partial charge in [-0.25, -0.2) is 0 Å². The number of carboxylic acids is 1.